The summed E-state index contributed by atoms with van der Waals surface area (Å²) in [7, 11) is 1.74. The fourth-order valence-corrected chi connectivity index (χ4v) is 2.72. The van der Waals surface area contributed by atoms with Crippen LogP contribution in [0.25, 0.3) is 0 Å². The van der Waals surface area contributed by atoms with Crippen molar-refractivity contribution in [2.24, 2.45) is 5.92 Å². The first-order valence-corrected chi connectivity index (χ1v) is 7.00. The van der Waals surface area contributed by atoms with E-state index in [0.29, 0.717) is 6.04 Å². The molecule has 4 heteroatoms. The van der Waals surface area contributed by atoms with E-state index in [-0.39, 0.29) is 0 Å². The molecule has 18 heavy (non-hydrogen) atoms. The van der Waals surface area contributed by atoms with Gasteiger partial charge in [0.2, 0.25) is 5.95 Å². The molecular formula is C14H25N3O. The van der Waals surface area contributed by atoms with E-state index in [1.807, 2.05) is 6.92 Å². The highest BCUT2D eigenvalue weighted by Gasteiger charge is 2.22. The number of nitrogens with zero attached hydrogens (tertiary/aromatic N) is 2. The molecule has 0 aromatic carbocycles. The van der Waals surface area contributed by atoms with Gasteiger partial charge in [-0.2, -0.15) is 0 Å². The molecule has 0 aliphatic heterocycles. The van der Waals surface area contributed by atoms with Crippen LogP contribution >= 0.6 is 0 Å². The smallest absolute Gasteiger partial charge is 0.203 e. The van der Waals surface area contributed by atoms with Crippen molar-refractivity contribution < 1.29 is 4.74 Å². The molecule has 102 valence electrons. The summed E-state index contributed by atoms with van der Waals surface area (Å²) in [5, 5.41) is 3.63. The van der Waals surface area contributed by atoms with Crippen molar-refractivity contribution in [1.82, 2.24) is 9.55 Å². The zero-order valence-corrected chi connectivity index (χ0v) is 11.8. The van der Waals surface area contributed by atoms with Crippen molar-refractivity contribution in [2.75, 3.05) is 19.0 Å². The molecule has 1 saturated carbocycles. The lowest BCUT2D eigenvalue weighted by Crippen LogP contribution is -2.31. The van der Waals surface area contributed by atoms with Crippen LogP contribution in [0.2, 0.25) is 0 Å². The van der Waals surface area contributed by atoms with Gasteiger partial charge in [0.15, 0.2) is 0 Å². The van der Waals surface area contributed by atoms with Crippen molar-refractivity contribution >= 4 is 5.95 Å². The first-order chi connectivity index (χ1) is 8.70. The van der Waals surface area contributed by atoms with Crippen molar-refractivity contribution in [3.63, 3.8) is 0 Å². The second kappa shape index (κ2) is 6.23. The second-order valence-corrected chi connectivity index (χ2v) is 5.40. The molecule has 2 atom stereocenters. The quantitative estimate of drug-likeness (QED) is 0.874. The molecule has 1 aliphatic rings. The SMILES string of the molecule is COCCn1cc(C)nc1NC1CCCCC1C. The van der Waals surface area contributed by atoms with E-state index in [4.69, 9.17) is 4.74 Å². The van der Waals surface area contributed by atoms with E-state index in [1.54, 1.807) is 7.11 Å². The van der Waals surface area contributed by atoms with Crippen LogP contribution in [0.3, 0.4) is 0 Å². The highest BCUT2D eigenvalue weighted by molar-refractivity contribution is 5.30. The Morgan fingerprint density at radius 2 is 2.22 bits per heavy atom. The van der Waals surface area contributed by atoms with Crippen LogP contribution in [-0.4, -0.2) is 29.3 Å². The predicted molar refractivity (Wildman–Crippen MR) is 73.9 cm³/mol. The number of aryl methyl sites for hydroxylation is 1. The predicted octanol–water partition coefficient (Wildman–Crippen LogP) is 2.83. The van der Waals surface area contributed by atoms with Crippen LogP contribution in [0.1, 0.15) is 38.3 Å². The molecule has 0 bridgehead atoms. The minimum absolute atomic E-state index is 0.571. The highest BCUT2D eigenvalue weighted by Crippen LogP contribution is 2.26. The van der Waals surface area contributed by atoms with Gasteiger partial charge in [0.05, 0.1) is 12.3 Å². The topological polar surface area (TPSA) is 39.1 Å². The lowest BCUT2D eigenvalue weighted by atomic mass is 9.86. The molecular weight excluding hydrogens is 226 g/mol. The average Bonchev–Trinajstić information content (AvgIpc) is 2.70. The van der Waals surface area contributed by atoms with Crippen LogP contribution in [0, 0.1) is 12.8 Å². The fourth-order valence-electron chi connectivity index (χ4n) is 2.72. The van der Waals surface area contributed by atoms with Gasteiger partial charge in [-0.3, -0.25) is 0 Å². The standard InChI is InChI=1S/C14H25N3O/c1-11-6-4-5-7-13(11)16-14-15-12(2)10-17(14)8-9-18-3/h10-11,13H,4-9H2,1-3H3,(H,15,16). The number of anilines is 1. The zero-order chi connectivity index (χ0) is 13.0. The summed E-state index contributed by atoms with van der Waals surface area (Å²) in [5.41, 5.74) is 1.07. The van der Waals surface area contributed by atoms with E-state index >= 15 is 0 Å². The molecule has 0 amide bonds. The van der Waals surface area contributed by atoms with Gasteiger partial charge in [-0.1, -0.05) is 19.8 Å². The van der Waals surface area contributed by atoms with Gasteiger partial charge in [-0.25, -0.2) is 4.98 Å². The molecule has 1 fully saturated rings. The molecule has 1 aromatic heterocycles. The molecule has 2 rings (SSSR count). The first-order valence-electron chi connectivity index (χ1n) is 7.00. The van der Waals surface area contributed by atoms with E-state index in [2.05, 4.69) is 28.0 Å². The summed E-state index contributed by atoms with van der Waals surface area (Å²) in [5.74, 6) is 1.75. The third-order valence-electron chi connectivity index (χ3n) is 3.86. The van der Waals surface area contributed by atoms with E-state index in [9.17, 15) is 0 Å². The summed E-state index contributed by atoms with van der Waals surface area (Å²) < 4.78 is 7.31. The largest absolute Gasteiger partial charge is 0.383 e. The number of aromatic nitrogens is 2. The van der Waals surface area contributed by atoms with Crippen molar-refractivity contribution in [3.05, 3.63) is 11.9 Å². The molecule has 1 aromatic rings. The van der Waals surface area contributed by atoms with Crippen molar-refractivity contribution in [2.45, 2.75) is 52.1 Å². The summed E-state index contributed by atoms with van der Waals surface area (Å²) in [6.07, 6.45) is 7.39. The van der Waals surface area contributed by atoms with Crippen molar-refractivity contribution in [1.29, 1.82) is 0 Å². The minimum Gasteiger partial charge on any atom is -0.383 e. The Kier molecular flexibility index (Phi) is 4.64. The lowest BCUT2D eigenvalue weighted by Gasteiger charge is -2.30. The zero-order valence-electron chi connectivity index (χ0n) is 11.8. The molecule has 1 aliphatic carbocycles. The van der Waals surface area contributed by atoms with Gasteiger partial charge in [-0.15, -0.1) is 0 Å². The van der Waals surface area contributed by atoms with Crippen LogP contribution in [-0.2, 0) is 11.3 Å². The van der Waals surface area contributed by atoms with Gasteiger partial charge in [0, 0.05) is 25.9 Å². The van der Waals surface area contributed by atoms with Crippen molar-refractivity contribution in [3.8, 4) is 0 Å². The Labute approximate surface area is 110 Å². The number of rotatable bonds is 5. The summed E-state index contributed by atoms with van der Waals surface area (Å²) in [4.78, 5) is 4.59. The Hall–Kier alpha value is -1.03. The maximum atomic E-state index is 5.14. The van der Waals surface area contributed by atoms with Crippen LogP contribution in [0.4, 0.5) is 5.95 Å². The summed E-state index contributed by atoms with van der Waals surface area (Å²) in [6.45, 7) is 5.97. The lowest BCUT2D eigenvalue weighted by molar-refractivity contribution is 0.187. The number of hydrogen-bond donors (Lipinski definition) is 1. The first kappa shape index (κ1) is 13.4. The van der Waals surface area contributed by atoms with E-state index in [0.717, 1.165) is 30.7 Å². The third-order valence-corrected chi connectivity index (χ3v) is 3.86. The maximum Gasteiger partial charge on any atom is 0.203 e. The second-order valence-electron chi connectivity index (χ2n) is 5.40. The van der Waals surface area contributed by atoms with Crippen LogP contribution in [0.5, 0.6) is 0 Å². The third kappa shape index (κ3) is 3.25. The number of ether oxygens (including phenoxy) is 1. The van der Waals surface area contributed by atoms with Gasteiger partial charge in [-0.05, 0) is 25.7 Å². The molecule has 4 nitrogen and oxygen atoms in total. The number of methoxy groups -OCH3 is 1. The van der Waals surface area contributed by atoms with Gasteiger partial charge >= 0.3 is 0 Å². The van der Waals surface area contributed by atoms with Crippen LogP contribution < -0.4 is 5.32 Å². The average molecular weight is 251 g/mol. The number of hydrogen-bond acceptors (Lipinski definition) is 3. The maximum absolute atomic E-state index is 5.14. The van der Waals surface area contributed by atoms with E-state index in [1.165, 1.54) is 25.7 Å². The molecule has 1 N–H and O–H groups in total. The van der Waals surface area contributed by atoms with Crippen LogP contribution in [0.15, 0.2) is 6.20 Å². The monoisotopic (exact) mass is 251 g/mol. The molecule has 0 radical (unpaired) electrons. The fraction of sp³-hybridized carbons (Fsp3) is 0.786. The number of imidazole rings is 1. The highest BCUT2D eigenvalue weighted by atomic mass is 16.5. The van der Waals surface area contributed by atoms with Gasteiger partial charge in [0.1, 0.15) is 0 Å². The van der Waals surface area contributed by atoms with E-state index < -0.39 is 0 Å². The summed E-state index contributed by atoms with van der Waals surface area (Å²) >= 11 is 0. The van der Waals surface area contributed by atoms with Gasteiger partial charge < -0.3 is 14.6 Å². The Balaban J connectivity index is 2.02. The Morgan fingerprint density at radius 1 is 1.44 bits per heavy atom. The molecule has 0 saturated heterocycles. The molecule has 1 heterocycles. The van der Waals surface area contributed by atoms with Gasteiger partial charge in [0.25, 0.3) is 0 Å². The number of nitrogens with one attached hydrogen (secondary N) is 1. The molecule has 2 unspecified atom stereocenters. The minimum atomic E-state index is 0.571. The molecule has 0 spiro atoms. The normalized spacial score (nSPS) is 24.2. The summed E-state index contributed by atoms with van der Waals surface area (Å²) in [6, 6.07) is 0.571. The Bertz CT molecular complexity index is 375. The Morgan fingerprint density at radius 3 is 2.94 bits per heavy atom.